The summed E-state index contributed by atoms with van der Waals surface area (Å²) in [6, 6.07) is 27.3. The number of aliphatic carboxylic acids is 1. The molecule has 2 unspecified atom stereocenters. The molecule has 4 N–H and O–H groups in total. The number of unbranched alkanes of at least 4 members (excludes halogenated alkanes) is 8. The maximum atomic E-state index is 12.1. The minimum absolute atomic E-state index is 0.125. The van der Waals surface area contributed by atoms with Crippen LogP contribution in [-0.4, -0.2) is 65.4 Å². The normalized spacial score (nSPS) is 15.4. The zero-order valence-corrected chi connectivity index (χ0v) is 36.6. The zero-order chi connectivity index (χ0) is 42.4. The molecule has 324 valence electrons. The summed E-state index contributed by atoms with van der Waals surface area (Å²) in [4.78, 5) is 13.9. The highest BCUT2D eigenvalue weighted by atomic mass is 32.3. The second-order valence-electron chi connectivity index (χ2n) is 16.8. The lowest BCUT2D eigenvalue weighted by Gasteiger charge is -2.42. The highest BCUT2D eigenvalue weighted by Crippen LogP contribution is 2.42. The number of aliphatic hydroxyl groups is 2. The Morgan fingerprint density at radius 1 is 0.724 bits per heavy atom. The highest BCUT2D eigenvalue weighted by molar-refractivity contribution is 7.80. The van der Waals surface area contributed by atoms with E-state index in [4.69, 9.17) is 4.55 Å². The second-order valence-corrected chi connectivity index (χ2v) is 17.9. The molecule has 1 aliphatic rings. The molecule has 3 aromatic rings. The van der Waals surface area contributed by atoms with Crippen molar-refractivity contribution in [2.45, 2.75) is 148 Å². The van der Waals surface area contributed by atoms with E-state index in [1.54, 1.807) is 26.0 Å². The van der Waals surface area contributed by atoms with Gasteiger partial charge in [-0.2, -0.15) is 8.42 Å². The number of hydrogen-bond donors (Lipinski definition) is 4. The van der Waals surface area contributed by atoms with Crippen molar-refractivity contribution in [3.8, 4) is 0 Å². The van der Waals surface area contributed by atoms with E-state index in [1.165, 1.54) is 51.4 Å². The number of hydrogen-bond acceptors (Lipinski definition) is 7. The number of carboxylic acid groups (broad SMARTS) is 1. The second kappa shape index (κ2) is 25.5. The molecule has 0 radical (unpaired) electrons. The van der Waals surface area contributed by atoms with Gasteiger partial charge in [-0.25, -0.2) is 4.18 Å². The first kappa shape index (κ1) is 49.2. The smallest absolute Gasteiger partial charge is 0.397 e. The number of likely N-dealkylation sites (tertiary alicyclic amines) is 1. The molecule has 0 aliphatic carbocycles. The number of carboxylic acids is 1. The van der Waals surface area contributed by atoms with Gasteiger partial charge in [-0.05, 0) is 106 Å². The van der Waals surface area contributed by atoms with Gasteiger partial charge in [0, 0.05) is 0 Å². The molecule has 9 nitrogen and oxygen atoms in total. The van der Waals surface area contributed by atoms with Gasteiger partial charge in [0.25, 0.3) is 0 Å². The van der Waals surface area contributed by atoms with Crippen LogP contribution in [0.15, 0.2) is 84.9 Å². The van der Waals surface area contributed by atoms with E-state index >= 15 is 0 Å². The van der Waals surface area contributed by atoms with E-state index in [0.29, 0.717) is 6.42 Å². The van der Waals surface area contributed by atoms with Crippen molar-refractivity contribution in [2.24, 2.45) is 11.8 Å². The first-order chi connectivity index (χ1) is 27.7. The van der Waals surface area contributed by atoms with Crippen molar-refractivity contribution in [2.75, 3.05) is 26.2 Å². The van der Waals surface area contributed by atoms with E-state index in [-0.39, 0.29) is 18.4 Å². The number of benzene rings is 3. The van der Waals surface area contributed by atoms with Crippen molar-refractivity contribution < 1.29 is 37.3 Å². The van der Waals surface area contributed by atoms with Gasteiger partial charge in [0.1, 0.15) is 5.60 Å². The molecule has 0 aromatic heterocycles. The largest absolute Gasteiger partial charge is 0.481 e. The maximum Gasteiger partial charge on any atom is 0.397 e. The molecule has 1 aliphatic heterocycles. The first-order valence-corrected chi connectivity index (χ1v) is 23.3. The van der Waals surface area contributed by atoms with Crippen molar-refractivity contribution >= 4 is 16.4 Å². The van der Waals surface area contributed by atoms with Crippen molar-refractivity contribution in [1.82, 2.24) is 4.90 Å². The molecule has 0 saturated carbocycles. The Hall–Kier alpha value is -3.12. The molecule has 58 heavy (non-hydrogen) atoms. The van der Waals surface area contributed by atoms with E-state index in [1.807, 2.05) is 72.8 Å². The van der Waals surface area contributed by atoms with Crippen LogP contribution in [0, 0.1) is 11.8 Å². The van der Waals surface area contributed by atoms with Gasteiger partial charge in [-0.15, -0.1) is 0 Å². The molecule has 0 amide bonds. The number of aliphatic hydroxyl groups excluding tert-OH is 1. The quantitative estimate of drug-likeness (QED) is 0.0485. The average molecular weight is 824 g/mol. The van der Waals surface area contributed by atoms with Crippen LogP contribution in [0.1, 0.15) is 159 Å². The topological polar surface area (TPSA) is 145 Å². The molecule has 2 atom stereocenters. The monoisotopic (exact) mass is 824 g/mol. The Morgan fingerprint density at radius 3 is 1.69 bits per heavy atom. The Bertz CT molecular complexity index is 1620. The molecular weight excluding hydrogens is 751 g/mol. The van der Waals surface area contributed by atoms with Crippen molar-refractivity contribution in [3.63, 3.8) is 0 Å². The van der Waals surface area contributed by atoms with E-state index < -0.39 is 33.5 Å². The summed E-state index contributed by atoms with van der Waals surface area (Å²) in [6.07, 6.45) is 16.9. The Labute approximate surface area is 350 Å². The van der Waals surface area contributed by atoms with Gasteiger partial charge >= 0.3 is 16.4 Å². The number of carbonyl (C=O) groups is 1. The van der Waals surface area contributed by atoms with Crippen molar-refractivity contribution in [3.05, 3.63) is 107 Å². The van der Waals surface area contributed by atoms with Crippen LogP contribution >= 0.6 is 0 Å². The lowest BCUT2D eigenvalue weighted by atomic mass is 9.72. The maximum absolute atomic E-state index is 12.1. The molecule has 0 spiro atoms. The van der Waals surface area contributed by atoms with Gasteiger partial charge in [0.05, 0.1) is 18.1 Å². The van der Waals surface area contributed by atoms with Gasteiger partial charge in [0.2, 0.25) is 0 Å². The van der Waals surface area contributed by atoms with Gasteiger partial charge in [0.15, 0.2) is 0 Å². The number of nitrogens with zero attached hydrogens (tertiary/aromatic N) is 1. The molecule has 10 heteroatoms. The van der Waals surface area contributed by atoms with Gasteiger partial charge in [-0.3, -0.25) is 9.35 Å². The van der Waals surface area contributed by atoms with Crippen LogP contribution in [-0.2, 0) is 30.4 Å². The summed E-state index contributed by atoms with van der Waals surface area (Å²) >= 11 is 0. The molecule has 4 rings (SSSR count). The van der Waals surface area contributed by atoms with E-state index in [2.05, 4.69) is 22.9 Å². The third-order valence-electron chi connectivity index (χ3n) is 12.0. The standard InChI is InChI=1S/C32H39NO4.C16H34O4S/c1-31(2,30(35)36)25-17-15-24(16-18-25)29(34)14-9-21-33-22-19-28(20-23-33)32(37,26-10-5-3-6-11-26)27-12-7-4-8-13-27;1-3-5-7-9-10-12-14-16(13-11-8-6-4-2)15-20-21(17,18)19/h3-8,10-13,15-18,28-29,34,37H,9,14,19-23H2,1-2H3,(H,35,36);16H,3-15H2,1-2H3,(H,17,18,19). The summed E-state index contributed by atoms with van der Waals surface area (Å²) in [7, 11) is -4.30. The fourth-order valence-electron chi connectivity index (χ4n) is 8.08. The molecular formula is C48H73NO8S. The summed E-state index contributed by atoms with van der Waals surface area (Å²) in [5.41, 5.74) is 1.47. The molecule has 3 aromatic carbocycles. The van der Waals surface area contributed by atoms with Crippen molar-refractivity contribution in [1.29, 1.82) is 0 Å². The number of rotatable bonds is 25. The fourth-order valence-corrected chi connectivity index (χ4v) is 8.45. The fraction of sp³-hybridized carbons (Fsp3) is 0.604. The van der Waals surface area contributed by atoms with Crippen LogP contribution in [0.3, 0.4) is 0 Å². The van der Waals surface area contributed by atoms with Gasteiger partial charge < -0.3 is 20.2 Å². The summed E-state index contributed by atoms with van der Waals surface area (Å²) in [5, 5.41) is 32.2. The summed E-state index contributed by atoms with van der Waals surface area (Å²) in [5.74, 6) is -0.488. The van der Waals surface area contributed by atoms with Crippen LogP contribution in [0.2, 0.25) is 0 Å². The predicted molar refractivity (Wildman–Crippen MR) is 234 cm³/mol. The van der Waals surface area contributed by atoms with Gasteiger partial charge in [-0.1, -0.05) is 163 Å². The molecule has 1 heterocycles. The van der Waals surface area contributed by atoms with Crippen LogP contribution in [0.25, 0.3) is 0 Å². The lowest BCUT2D eigenvalue weighted by molar-refractivity contribution is -0.142. The molecule has 1 fully saturated rings. The van der Waals surface area contributed by atoms with Crippen LogP contribution in [0.4, 0.5) is 0 Å². The summed E-state index contributed by atoms with van der Waals surface area (Å²) in [6.45, 7) is 10.6. The average Bonchev–Trinajstić information content (AvgIpc) is 3.23. The lowest BCUT2D eigenvalue weighted by Crippen LogP contribution is -2.44. The number of piperidine rings is 1. The molecule has 1 saturated heterocycles. The summed E-state index contributed by atoms with van der Waals surface area (Å²) < 4.78 is 34.7. The Balaban J connectivity index is 0.000000367. The first-order valence-electron chi connectivity index (χ1n) is 21.9. The SMILES string of the molecule is CC(C)(C(=O)O)c1ccc(C(O)CCCN2CCC(C(O)(c3ccccc3)c3ccccc3)CC2)cc1.CCCCCCCCC(CCCCCC)COS(=O)(=O)O. The van der Waals surface area contributed by atoms with E-state index in [0.717, 1.165) is 86.8 Å². The molecule has 0 bridgehead atoms. The third kappa shape index (κ3) is 16.5. The minimum atomic E-state index is -4.30. The minimum Gasteiger partial charge on any atom is -0.481 e. The van der Waals surface area contributed by atoms with Crippen LogP contribution < -0.4 is 0 Å². The predicted octanol–water partition coefficient (Wildman–Crippen LogP) is 10.7. The Kier molecular flexibility index (Phi) is 21.6. The third-order valence-corrected chi connectivity index (χ3v) is 12.4. The van der Waals surface area contributed by atoms with E-state index in [9.17, 15) is 28.5 Å². The zero-order valence-electron chi connectivity index (χ0n) is 35.7. The van der Waals surface area contributed by atoms with Crippen LogP contribution in [0.5, 0.6) is 0 Å². The Morgan fingerprint density at radius 2 is 1.21 bits per heavy atom. The highest BCUT2D eigenvalue weighted by Gasteiger charge is 2.41.